The number of nitrogens with one attached hydrogen (secondary N) is 1. The first kappa shape index (κ1) is 12.9. The molecule has 18 heavy (non-hydrogen) atoms. The fourth-order valence-electron chi connectivity index (χ4n) is 2.13. The number of anilines is 1. The number of ether oxygens (including phenoxy) is 1. The Kier molecular flexibility index (Phi) is 3.30. The molecule has 0 bridgehead atoms. The highest BCUT2D eigenvalue weighted by atomic mass is 16.6. The first-order valence-corrected chi connectivity index (χ1v) is 6.23. The summed E-state index contributed by atoms with van der Waals surface area (Å²) in [5, 5.41) is 2.73. The molecule has 1 aromatic carbocycles. The van der Waals surface area contributed by atoms with Crippen molar-refractivity contribution in [3.8, 4) is 0 Å². The van der Waals surface area contributed by atoms with Gasteiger partial charge in [0.1, 0.15) is 5.60 Å². The van der Waals surface area contributed by atoms with Crippen molar-refractivity contribution in [1.82, 2.24) is 0 Å². The van der Waals surface area contributed by atoms with Crippen molar-refractivity contribution in [2.24, 2.45) is 5.73 Å². The smallest absolute Gasteiger partial charge is 0.412 e. The van der Waals surface area contributed by atoms with E-state index >= 15 is 0 Å². The van der Waals surface area contributed by atoms with Crippen molar-refractivity contribution in [3.05, 3.63) is 29.3 Å². The largest absolute Gasteiger partial charge is 0.444 e. The van der Waals surface area contributed by atoms with E-state index in [0.29, 0.717) is 0 Å². The Bertz CT molecular complexity index is 463. The lowest BCUT2D eigenvalue weighted by Crippen LogP contribution is -2.27. The van der Waals surface area contributed by atoms with E-state index in [2.05, 4.69) is 5.32 Å². The Morgan fingerprint density at radius 2 is 2.17 bits per heavy atom. The molecule has 1 atom stereocenters. The molecule has 0 unspecified atom stereocenters. The number of amides is 1. The van der Waals surface area contributed by atoms with Crippen molar-refractivity contribution in [3.63, 3.8) is 0 Å². The van der Waals surface area contributed by atoms with Gasteiger partial charge in [-0.3, -0.25) is 5.32 Å². The summed E-state index contributed by atoms with van der Waals surface area (Å²) in [6, 6.07) is 5.94. The minimum atomic E-state index is -0.489. The van der Waals surface area contributed by atoms with Crippen molar-refractivity contribution in [2.75, 3.05) is 5.32 Å². The zero-order chi connectivity index (χ0) is 13.3. The maximum absolute atomic E-state index is 11.6. The summed E-state index contributed by atoms with van der Waals surface area (Å²) < 4.78 is 5.21. The standard InChI is InChI=1S/C14H20N2O2/c1-14(2,3)18-13(17)16-10-6-4-9-5-7-12(15)11(9)8-10/h4,6,8,12H,5,7,15H2,1-3H3,(H,16,17)/t12-/m1/s1. The molecule has 1 aliphatic rings. The van der Waals surface area contributed by atoms with Crippen molar-refractivity contribution < 1.29 is 9.53 Å². The van der Waals surface area contributed by atoms with E-state index in [-0.39, 0.29) is 6.04 Å². The van der Waals surface area contributed by atoms with Gasteiger partial charge in [-0.2, -0.15) is 0 Å². The van der Waals surface area contributed by atoms with Gasteiger partial charge in [0, 0.05) is 11.7 Å². The molecule has 0 aliphatic heterocycles. The summed E-state index contributed by atoms with van der Waals surface area (Å²) in [6.45, 7) is 5.52. The van der Waals surface area contributed by atoms with Crippen molar-refractivity contribution >= 4 is 11.8 Å². The van der Waals surface area contributed by atoms with Gasteiger partial charge in [-0.25, -0.2) is 4.79 Å². The van der Waals surface area contributed by atoms with Gasteiger partial charge in [0.05, 0.1) is 0 Å². The number of fused-ring (bicyclic) bond motifs is 1. The van der Waals surface area contributed by atoms with Gasteiger partial charge >= 0.3 is 6.09 Å². The van der Waals surface area contributed by atoms with Gasteiger partial charge < -0.3 is 10.5 Å². The van der Waals surface area contributed by atoms with Crippen LogP contribution in [0.2, 0.25) is 0 Å². The highest BCUT2D eigenvalue weighted by molar-refractivity contribution is 5.85. The fraction of sp³-hybridized carbons (Fsp3) is 0.500. The van der Waals surface area contributed by atoms with E-state index < -0.39 is 11.7 Å². The fourth-order valence-corrected chi connectivity index (χ4v) is 2.13. The third-order valence-electron chi connectivity index (χ3n) is 2.92. The molecule has 0 aromatic heterocycles. The summed E-state index contributed by atoms with van der Waals surface area (Å²) >= 11 is 0. The highest BCUT2D eigenvalue weighted by Gasteiger charge is 2.20. The summed E-state index contributed by atoms with van der Waals surface area (Å²) in [6.07, 6.45) is 1.56. The van der Waals surface area contributed by atoms with Crippen LogP contribution < -0.4 is 11.1 Å². The highest BCUT2D eigenvalue weighted by Crippen LogP contribution is 2.31. The predicted octanol–water partition coefficient (Wildman–Crippen LogP) is 2.98. The van der Waals surface area contributed by atoms with Crippen LogP contribution in [0.1, 0.15) is 44.4 Å². The van der Waals surface area contributed by atoms with E-state index in [4.69, 9.17) is 10.5 Å². The normalized spacial score (nSPS) is 18.3. The number of aryl methyl sites for hydroxylation is 1. The van der Waals surface area contributed by atoms with Gasteiger partial charge in [0.2, 0.25) is 0 Å². The number of carbonyl (C=O) groups excluding carboxylic acids is 1. The van der Waals surface area contributed by atoms with Gasteiger partial charge in [-0.1, -0.05) is 6.07 Å². The van der Waals surface area contributed by atoms with Gasteiger partial charge in [-0.15, -0.1) is 0 Å². The third kappa shape index (κ3) is 3.01. The van der Waals surface area contributed by atoms with Crippen LogP contribution >= 0.6 is 0 Å². The molecule has 0 radical (unpaired) electrons. The lowest BCUT2D eigenvalue weighted by atomic mass is 10.1. The molecule has 0 spiro atoms. The zero-order valence-corrected chi connectivity index (χ0v) is 11.1. The van der Waals surface area contributed by atoms with Crippen LogP contribution in [0.3, 0.4) is 0 Å². The van der Waals surface area contributed by atoms with E-state index in [9.17, 15) is 4.79 Å². The molecule has 0 saturated carbocycles. The van der Waals surface area contributed by atoms with E-state index in [1.165, 1.54) is 5.56 Å². The number of hydrogen-bond donors (Lipinski definition) is 2. The van der Waals surface area contributed by atoms with Crippen LogP contribution in [0, 0.1) is 0 Å². The van der Waals surface area contributed by atoms with Crippen LogP contribution in [-0.2, 0) is 11.2 Å². The van der Waals surface area contributed by atoms with Crippen molar-refractivity contribution in [2.45, 2.75) is 45.3 Å². The Hall–Kier alpha value is -1.55. The molecule has 98 valence electrons. The average Bonchev–Trinajstić information content (AvgIpc) is 2.57. The topological polar surface area (TPSA) is 64.3 Å². The number of hydrogen-bond acceptors (Lipinski definition) is 3. The van der Waals surface area contributed by atoms with Crippen molar-refractivity contribution in [1.29, 1.82) is 0 Å². The molecule has 0 saturated heterocycles. The molecule has 1 amide bonds. The molecule has 1 aliphatic carbocycles. The van der Waals surface area contributed by atoms with E-state index in [1.54, 1.807) is 0 Å². The minimum Gasteiger partial charge on any atom is -0.444 e. The maximum Gasteiger partial charge on any atom is 0.412 e. The summed E-state index contributed by atoms with van der Waals surface area (Å²) in [7, 11) is 0. The number of carbonyl (C=O) groups is 1. The average molecular weight is 248 g/mol. The second kappa shape index (κ2) is 4.61. The Morgan fingerprint density at radius 3 is 2.83 bits per heavy atom. The predicted molar refractivity (Wildman–Crippen MR) is 71.5 cm³/mol. The quantitative estimate of drug-likeness (QED) is 0.803. The van der Waals surface area contributed by atoms with Gasteiger partial charge in [-0.05, 0) is 56.9 Å². The zero-order valence-electron chi connectivity index (χ0n) is 11.1. The maximum atomic E-state index is 11.6. The van der Waals surface area contributed by atoms with Crippen LogP contribution in [0.25, 0.3) is 0 Å². The van der Waals surface area contributed by atoms with Crippen LogP contribution in [0.4, 0.5) is 10.5 Å². The Balaban J connectivity index is 2.07. The molecular weight excluding hydrogens is 228 g/mol. The Morgan fingerprint density at radius 1 is 1.44 bits per heavy atom. The first-order chi connectivity index (χ1) is 8.35. The summed E-state index contributed by atoms with van der Waals surface area (Å²) in [5.74, 6) is 0. The monoisotopic (exact) mass is 248 g/mol. The number of benzene rings is 1. The lowest BCUT2D eigenvalue weighted by Gasteiger charge is -2.20. The van der Waals surface area contributed by atoms with Crippen LogP contribution in [0.5, 0.6) is 0 Å². The molecule has 4 nitrogen and oxygen atoms in total. The molecule has 2 rings (SSSR count). The summed E-state index contributed by atoms with van der Waals surface area (Å²) in [4.78, 5) is 11.6. The first-order valence-electron chi connectivity index (χ1n) is 6.23. The molecule has 4 heteroatoms. The second-order valence-corrected chi connectivity index (χ2v) is 5.69. The molecular formula is C14H20N2O2. The second-order valence-electron chi connectivity index (χ2n) is 5.69. The third-order valence-corrected chi connectivity index (χ3v) is 2.92. The summed E-state index contributed by atoms with van der Waals surface area (Å²) in [5.41, 5.74) is 8.65. The minimum absolute atomic E-state index is 0.0837. The van der Waals surface area contributed by atoms with Crippen LogP contribution in [0.15, 0.2) is 18.2 Å². The molecule has 3 N–H and O–H groups in total. The number of rotatable bonds is 1. The van der Waals surface area contributed by atoms with E-state index in [0.717, 1.165) is 24.1 Å². The van der Waals surface area contributed by atoms with E-state index in [1.807, 2.05) is 39.0 Å². The molecule has 1 aromatic rings. The van der Waals surface area contributed by atoms with Gasteiger partial charge in [0.25, 0.3) is 0 Å². The Labute approximate surface area is 108 Å². The van der Waals surface area contributed by atoms with Crippen LogP contribution in [-0.4, -0.2) is 11.7 Å². The van der Waals surface area contributed by atoms with Gasteiger partial charge in [0.15, 0.2) is 0 Å². The SMILES string of the molecule is CC(C)(C)OC(=O)Nc1ccc2c(c1)[C@H](N)CC2. The molecule has 0 fully saturated rings. The lowest BCUT2D eigenvalue weighted by molar-refractivity contribution is 0.0636. The number of nitrogens with two attached hydrogens (primary N) is 1. The molecule has 0 heterocycles.